The fourth-order valence-electron chi connectivity index (χ4n) is 3.93. The molecule has 0 unspecified atom stereocenters. The van der Waals surface area contributed by atoms with Crippen molar-refractivity contribution in [1.82, 2.24) is 10.3 Å². The fraction of sp³-hybridized carbons (Fsp3) is 0.231. The molecule has 0 spiro atoms. The van der Waals surface area contributed by atoms with Crippen LogP contribution in [0.2, 0.25) is 0 Å². The Kier molecular flexibility index (Phi) is 7.72. The lowest BCUT2D eigenvalue weighted by atomic mass is 9.94. The molecule has 1 heterocycles. The normalized spacial score (nSPS) is 14.6. The van der Waals surface area contributed by atoms with Crippen molar-refractivity contribution in [3.63, 3.8) is 0 Å². The molecule has 1 fully saturated rings. The maximum Gasteiger partial charge on any atom is 0.269 e. The van der Waals surface area contributed by atoms with Gasteiger partial charge >= 0.3 is 0 Å². The average molecular weight is 475 g/mol. The van der Waals surface area contributed by atoms with Crippen molar-refractivity contribution in [2.45, 2.75) is 18.2 Å². The number of likely N-dealkylation sites (tertiary alicyclic amines) is 1. The Hall–Kier alpha value is -3.49. The molecule has 1 N–H and O–H groups in total. The Morgan fingerprint density at radius 3 is 2.12 bits per heavy atom. The second-order valence-electron chi connectivity index (χ2n) is 8.15. The van der Waals surface area contributed by atoms with Crippen molar-refractivity contribution < 1.29 is 9.72 Å². The summed E-state index contributed by atoms with van der Waals surface area (Å²) in [5.74, 6) is 0.170. The summed E-state index contributed by atoms with van der Waals surface area (Å²) in [5.41, 5.74) is 6.47. The zero-order valence-corrected chi connectivity index (χ0v) is 19.7. The number of nitro benzene ring substituents is 1. The van der Waals surface area contributed by atoms with Crippen LogP contribution in [0, 0.1) is 10.1 Å². The van der Waals surface area contributed by atoms with Crippen LogP contribution in [0.25, 0.3) is 0 Å². The van der Waals surface area contributed by atoms with Crippen LogP contribution in [0.4, 0.5) is 5.69 Å². The number of non-ortho nitro benzene ring substituents is 1. The maximum absolute atomic E-state index is 12.3. The summed E-state index contributed by atoms with van der Waals surface area (Å²) in [7, 11) is 0. The molecule has 0 radical (unpaired) electrons. The molecule has 3 aromatic carbocycles. The van der Waals surface area contributed by atoms with E-state index in [-0.39, 0.29) is 17.6 Å². The second kappa shape index (κ2) is 11.1. The summed E-state index contributed by atoms with van der Waals surface area (Å²) in [6.07, 6.45) is 0. The molecule has 0 saturated carbocycles. The van der Waals surface area contributed by atoms with Crippen LogP contribution in [0.3, 0.4) is 0 Å². The number of nitrogens with zero attached hydrogens (tertiary/aromatic N) is 3. The molecule has 1 amide bonds. The van der Waals surface area contributed by atoms with Gasteiger partial charge < -0.3 is 0 Å². The van der Waals surface area contributed by atoms with Gasteiger partial charge in [-0.05, 0) is 35.7 Å². The second-order valence-corrected chi connectivity index (χ2v) is 9.44. The van der Waals surface area contributed by atoms with E-state index in [2.05, 4.69) is 64.0 Å². The third-order valence-electron chi connectivity index (χ3n) is 5.77. The molecule has 7 nitrogen and oxygen atoms in total. The summed E-state index contributed by atoms with van der Waals surface area (Å²) < 4.78 is 0. The van der Waals surface area contributed by atoms with Gasteiger partial charge in [-0.2, -0.15) is 5.10 Å². The van der Waals surface area contributed by atoms with E-state index < -0.39 is 4.92 Å². The Labute approximate surface area is 203 Å². The van der Waals surface area contributed by atoms with E-state index >= 15 is 0 Å². The minimum absolute atomic E-state index is 0.0216. The van der Waals surface area contributed by atoms with Gasteiger partial charge in [0.1, 0.15) is 0 Å². The van der Waals surface area contributed by atoms with Crippen LogP contribution in [0.5, 0.6) is 0 Å². The van der Waals surface area contributed by atoms with Crippen LogP contribution in [-0.4, -0.2) is 45.5 Å². The number of carbonyl (C=O) groups is 1. The molecule has 174 valence electrons. The van der Waals surface area contributed by atoms with Crippen LogP contribution < -0.4 is 5.43 Å². The number of hydrazone groups is 1. The Morgan fingerprint density at radius 1 is 1.03 bits per heavy atom. The van der Waals surface area contributed by atoms with Crippen molar-refractivity contribution in [1.29, 1.82) is 0 Å². The topological polar surface area (TPSA) is 87.8 Å². The Balaban J connectivity index is 1.27. The zero-order chi connectivity index (χ0) is 23.9. The number of hydrogen-bond acceptors (Lipinski definition) is 6. The molecule has 8 heteroatoms. The lowest BCUT2D eigenvalue weighted by Gasteiger charge is -2.44. The minimum atomic E-state index is -0.446. The largest absolute Gasteiger partial charge is 0.290 e. The third-order valence-corrected chi connectivity index (χ3v) is 6.96. The van der Waals surface area contributed by atoms with Crippen molar-refractivity contribution in [3.05, 3.63) is 112 Å². The highest BCUT2D eigenvalue weighted by Gasteiger charge is 2.34. The van der Waals surface area contributed by atoms with Gasteiger partial charge in [0.15, 0.2) is 0 Å². The molecule has 3 aromatic rings. The van der Waals surface area contributed by atoms with Crippen LogP contribution >= 0.6 is 11.8 Å². The number of carbonyl (C=O) groups excluding carboxylic acids is 1. The fourth-order valence-corrected chi connectivity index (χ4v) is 4.98. The number of rotatable bonds is 9. The highest BCUT2D eigenvalue weighted by Crippen LogP contribution is 2.35. The van der Waals surface area contributed by atoms with E-state index in [0.717, 1.165) is 18.7 Å². The highest BCUT2D eigenvalue weighted by atomic mass is 32.2. The van der Waals surface area contributed by atoms with E-state index in [0.29, 0.717) is 16.7 Å². The van der Waals surface area contributed by atoms with E-state index in [4.69, 9.17) is 0 Å². The van der Waals surface area contributed by atoms with Crippen LogP contribution in [-0.2, 0) is 4.79 Å². The van der Waals surface area contributed by atoms with Gasteiger partial charge in [-0.25, -0.2) is 5.43 Å². The molecule has 1 saturated heterocycles. The van der Waals surface area contributed by atoms with Gasteiger partial charge in [0.05, 0.1) is 22.4 Å². The number of hydrogen-bond donors (Lipinski definition) is 1. The van der Waals surface area contributed by atoms with E-state index in [1.54, 1.807) is 30.8 Å². The van der Waals surface area contributed by atoms with Gasteiger partial charge in [0.2, 0.25) is 5.91 Å². The van der Waals surface area contributed by atoms with Crippen LogP contribution in [0.15, 0.2) is 90.0 Å². The first kappa shape index (κ1) is 23.7. The summed E-state index contributed by atoms with van der Waals surface area (Å²) in [6.45, 7) is 3.58. The summed E-state index contributed by atoms with van der Waals surface area (Å²) in [6, 6.07) is 27.3. The summed E-state index contributed by atoms with van der Waals surface area (Å²) >= 11 is 1.64. The smallest absolute Gasteiger partial charge is 0.269 e. The first-order valence-electron chi connectivity index (χ1n) is 11.0. The lowest BCUT2D eigenvalue weighted by molar-refractivity contribution is -0.384. The van der Waals surface area contributed by atoms with Gasteiger partial charge in [-0.1, -0.05) is 60.7 Å². The van der Waals surface area contributed by atoms with Crippen molar-refractivity contribution in [3.8, 4) is 0 Å². The standard InChI is InChI=1S/C26H26N4O3S/c1-19(20-12-14-23(15-13-20)30(32)33)27-28-25(31)18-34-24-16-29(17-24)26(21-8-4-2-5-9-21)22-10-6-3-7-11-22/h2-15,24,26H,16-18H2,1H3,(H,28,31)/b27-19-. The number of benzene rings is 3. The number of thioether (sulfide) groups is 1. The van der Waals surface area contributed by atoms with Crippen molar-refractivity contribution in [2.24, 2.45) is 5.10 Å². The molecule has 34 heavy (non-hydrogen) atoms. The molecule has 0 atom stereocenters. The summed E-state index contributed by atoms with van der Waals surface area (Å²) in [4.78, 5) is 25.0. The molecular weight excluding hydrogens is 448 g/mol. The molecule has 4 rings (SSSR count). The summed E-state index contributed by atoms with van der Waals surface area (Å²) in [5, 5.41) is 15.3. The highest BCUT2D eigenvalue weighted by molar-refractivity contribution is 8.00. The van der Waals surface area contributed by atoms with Crippen LogP contribution in [0.1, 0.15) is 29.7 Å². The van der Waals surface area contributed by atoms with Gasteiger partial charge in [0, 0.05) is 30.5 Å². The first-order valence-corrected chi connectivity index (χ1v) is 12.1. The number of nitro groups is 1. The molecule has 0 aliphatic carbocycles. The predicted octanol–water partition coefficient (Wildman–Crippen LogP) is 4.64. The maximum atomic E-state index is 12.3. The van der Waals surface area contributed by atoms with E-state index in [1.165, 1.54) is 23.3 Å². The van der Waals surface area contributed by atoms with Crippen molar-refractivity contribution in [2.75, 3.05) is 18.8 Å². The zero-order valence-electron chi connectivity index (χ0n) is 18.8. The number of amides is 1. The quantitative estimate of drug-likeness (QED) is 0.277. The third kappa shape index (κ3) is 5.89. The van der Waals surface area contributed by atoms with Gasteiger partial charge in [-0.15, -0.1) is 11.8 Å². The Bertz CT molecular complexity index is 1110. The average Bonchev–Trinajstić information content (AvgIpc) is 2.85. The molecule has 1 aliphatic heterocycles. The SMILES string of the molecule is C/C(=N/NC(=O)CSC1CN(C(c2ccccc2)c2ccccc2)C1)c1ccc([N+](=O)[O-])cc1. The minimum Gasteiger partial charge on any atom is -0.290 e. The van der Waals surface area contributed by atoms with E-state index in [1.807, 2.05) is 12.1 Å². The van der Waals surface area contributed by atoms with Gasteiger partial charge in [-0.3, -0.25) is 19.8 Å². The monoisotopic (exact) mass is 474 g/mol. The number of nitrogens with one attached hydrogen (secondary N) is 1. The van der Waals surface area contributed by atoms with E-state index in [9.17, 15) is 14.9 Å². The predicted molar refractivity (Wildman–Crippen MR) is 136 cm³/mol. The molecule has 0 bridgehead atoms. The molecular formula is C26H26N4O3S. The lowest BCUT2D eigenvalue weighted by Crippen LogP contribution is -2.51. The van der Waals surface area contributed by atoms with Crippen molar-refractivity contribution >= 4 is 29.1 Å². The Morgan fingerprint density at radius 2 is 1.59 bits per heavy atom. The molecule has 1 aliphatic rings. The first-order chi connectivity index (χ1) is 16.5. The molecule has 0 aromatic heterocycles. The van der Waals surface area contributed by atoms with Gasteiger partial charge in [0.25, 0.3) is 5.69 Å².